The lowest BCUT2D eigenvalue weighted by Crippen LogP contribution is -2.48. The zero-order valence-electron chi connectivity index (χ0n) is 14.3. The first kappa shape index (κ1) is 19.2. The maximum atomic E-state index is 12.6. The minimum absolute atomic E-state index is 0.107. The smallest absolute Gasteiger partial charge is 0.353 e. The van der Waals surface area contributed by atoms with Crippen LogP contribution >= 0.6 is 11.6 Å². The first-order chi connectivity index (χ1) is 12.8. The number of hydrogen-bond donors (Lipinski definition) is 0. The first-order valence-corrected chi connectivity index (χ1v) is 8.71. The molecule has 1 saturated heterocycles. The highest BCUT2D eigenvalue weighted by atomic mass is 35.5. The van der Waals surface area contributed by atoms with Crippen molar-refractivity contribution >= 4 is 29.4 Å². The van der Waals surface area contributed by atoms with E-state index in [1.165, 1.54) is 12.1 Å². The number of halogens is 4. The number of amides is 1. The van der Waals surface area contributed by atoms with Crippen LogP contribution in [0.15, 0.2) is 48.7 Å². The summed E-state index contributed by atoms with van der Waals surface area (Å²) in [7, 11) is 0. The number of alkyl halides is 3. The SMILES string of the molecule is O=C(/C=C/c1ccc(Cl)cc1)N1CCN(c2ccc(C(F)(F)F)cn2)CC1. The molecule has 1 amide bonds. The molecule has 0 saturated carbocycles. The van der Waals surface area contributed by atoms with E-state index in [1.54, 1.807) is 23.1 Å². The molecule has 2 heterocycles. The summed E-state index contributed by atoms with van der Waals surface area (Å²) in [5.74, 6) is 0.372. The summed E-state index contributed by atoms with van der Waals surface area (Å²) in [6.07, 6.45) is -0.327. The van der Waals surface area contributed by atoms with Gasteiger partial charge in [0, 0.05) is 43.5 Å². The van der Waals surface area contributed by atoms with Gasteiger partial charge in [0.1, 0.15) is 5.82 Å². The van der Waals surface area contributed by atoms with Crippen LogP contribution in [0.4, 0.5) is 19.0 Å². The topological polar surface area (TPSA) is 36.4 Å². The second kappa shape index (κ2) is 8.00. The lowest BCUT2D eigenvalue weighted by atomic mass is 10.2. The molecule has 3 rings (SSSR count). The highest BCUT2D eigenvalue weighted by Gasteiger charge is 2.31. The van der Waals surface area contributed by atoms with Crippen LogP contribution in [0.25, 0.3) is 6.08 Å². The molecular formula is C19H17ClF3N3O. The van der Waals surface area contributed by atoms with E-state index in [1.807, 2.05) is 17.0 Å². The monoisotopic (exact) mass is 395 g/mol. The molecule has 1 aliphatic heterocycles. The summed E-state index contributed by atoms with van der Waals surface area (Å²) in [6.45, 7) is 1.98. The third-order valence-electron chi connectivity index (χ3n) is 4.28. The zero-order valence-corrected chi connectivity index (χ0v) is 15.0. The van der Waals surface area contributed by atoms with E-state index in [4.69, 9.17) is 11.6 Å². The summed E-state index contributed by atoms with van der Waals surface area (Å²) in [5.41, 5.74) is 0.104. The summed E-state index contributed by atoms with van der Waals surface area (Å²) in [5, 5.41) is 0.631. The van der Waals surface area contributed by atoms with Crippen LogP contribution in [0, 0.1) is 0 Å². The average molecular weight is 396 g/mol. The van der Waals surface area contributed by atoms with Crippen LogP contribution in [-0.2, 0) is 11.0 Å². The van der Waals surface area contributed by atoms with Crippen molar-refractivity contribution < 1.29 is 18.0 Å². The van der Waals surface area contributed by atoms with E-state index in [9.17, 15) is 18.0 Å². The van der Waals surface area contributed by atoms with Crippen molar-refractivity contribution in [3.05, 3.63) is 64.8 Å². The highest BCUT2D eigenvalue weighted by molar-refractivity contribution is 6.30. The van der Waals surface area contributed by atoms with E-state index >= 15 is 0 Å². The van der Waals surface area contributed by atoms with Crippen molar-refractivity contribution in [2.75, 3.05) is 31.1 Å². The lowest BCUT2D eigenvalue weighted by Gasteiger charge is -2.35. The molecule has 1 aromatic carbocycles. The third kappa shape index (κ3) is 5.01. The van der Waals surface area contributed by atoms with E-state index in [0.29, 0.717) is 37.0 Å². The normalized spacial score (nSPS) is 15.4. The van der Waals surface area contributed by atoms with Crippen molar-refractivity contribution in [2.45, 2.75) is 6.18 Å². The lowest BCUT2D eigenvalue weighted by molar-refractivity contribution is -0.137. The van der Waals surface area contributed by atoms with Crippen LogP contribution < -0.4 is 4.90 Å². The van der Waals surface area contributed by atoms with E-state index < -0.39 is 11.7 Å². The predicted octanol–water partition coefficient (Wildman–Crippen LogP) is 4.12. The molecule has 1 fully saturated rings. The van der Waals surface area contributed by atoms with Crippen molar-refractivity contribution in [1.82, 2.24) is 9.88 Å². The first-order valence-electron chi connectivity index (χ1n) is 8.34. The van der Waals surface area contributed by atoms with Gasteiger partial charge < -0.3 is 9.80 Å². The van der Waals surface area contributed by atoms with Gasteiger partial charge in [-0.1, -0.05) is 23.7 Å². The molecule has 27 heavy (non-hydrogen) atoms. The molecule has 0 spiro atoms. The van der Waals surface area contributed by atoms with Crippen molar-refractivity contribution in [3.63, 3.8) is 0 Å². The molecule has 1 aliphatic rings. The Balaban J connectivity index is 1.55. The summed E-state index contributed by atoms with van der Waals surface area (Å²) < 4.78 is 37.8. The Morgan fingerprint density at radius 2 is 1.70 bits per heavy atom. The molecule has 142 valence electrons. The van der Waals surface area contributed by atoms with Crippen molar-refractivity contribution in [1.29, 1.82) is 0 Å². The quantitative estimate of drug-likeness (QED) is 0.734. The largest absolute Gasteiger partial charge is 0.417 e. The van der Waals surface area contributed by atoms with Crippen LogP contribution in [0.1, 0.15) is 11.1 Å². The minimum Gasteiger partial charge on any atom is -0.353 e. The molecule has 0 bridgehead atoms. The number of hydrogen-bond acceptors (Lipinski definition) is 3. The fourth-order valence-corrected chi connectivity index (χ4v) is 2.87. The van der Waals surface area contributed by atoms with E-state index in [-0.39, 0.29) is 5.91 Å². The fourth-order valence-electron chi connectivity index (χ4n) is 2.74. The number of benzene rings is 1. The predicted molar refractivity (Wildman–Crippen MR) is 98.5 cm³/mol. The number of piperazine rings is 1. The van der Waals surface area contributed by atoms with Crippen molar-refractivity contribution in [3.8, 4) is 0 Å². The maximum absolute atomic E-state index is 12.6. The average Bonchev–Trinajstić information content (AvgIpc) is 2.67. The van der Waals surface area contributed by atoms with Crippen LogP contribution in [0.2, 0.25) is 5.02 Å². The summed E-state index contributed by atoms with van der Waals surface area (Å²) >= 11 is 5.83. The number of carbonyl (C=O) groups is 1. The van der Waals surface area contributed by atoms with Gasteiger partial charge in [0.15, 0.2) is 0 Å². The van der Waals surface area contributed by atoms with Gasteiger partial charge in [-0.05, 0) is 35.9 Å². The van der Waals surface area contributed by atoms with Gasteiger partial charge in [-0.2, -0.15) is 13.2 Å². The fraction of sp³-hybridized carbons (Fsp3) is 0.263. The van der Waals surface area contributed by atoms with Crippen molar-refractivity contribution in [2.24, 2.45) is 0 Å². The second-order valence-corrected chi connectivity index (χ2v) is 6.54. The van der Waals surface area contributed by atoms with Gasteiger partial charge in [-0.15, -0.1) is 0 Å². The molecule has 0 radical (unpaired) electrons. The molecule has 4 nitrogen and oxygen atoms in total. The van der Waals surface area contributed by atoms with Gasteiger partial charge in [0.25, 0.3) is 0 Å². The van der Waals surface area contributed by atoms with Crippen LogP contribution in [0.3, 0.4) is 0 Å². The maximum Gasteiger partial charge on any atom is 0.417 e. The molecule has 8 heteroatoms. The Labute approximate surface area is 159 Å². The Morgan fingerprint density at radius 3 is 2.26 bits per heavy atom. The Kier molecular flexibility index (Phi) is 5.70. The van der Waals surface area contributed by atoms with Crippen LogP contribution in [0.5, 0.6) is 0 Å². The molecular weight excluding hydrogens is 379 g/mol. The Bertz CT molecular complexity index is 812. The Morgan fingerprint density at radius 1 is 1.04 bits per heavy atom. The number of pyridine rings is 1. The van der Waals surface area contributed by atoms with Gasteiger partial charge in [0.05, 0.1) is 5.56 Å². The van der Waals surface area contributed by atoms with E-state index in [0.717, 1.165) is 17.8 Å². The minimum atomic E-state index is -4.40. The number of rotatable bonds is 3. The van der Waals surface area contributed by atoms with Gasteiger partial charge in [0.2, 0.25) is 5.91 Å². The molecule has 0 unspecified atom stereocenters. The summed E-state index contributed by atoms with van der Waals surface area (Å²) in [6, 6.07) is 9.53. The second-order valence-electron chi connectivity index (χ2n) is 6.10. The van der Waals surface area contributed by atoms with Gasteiger partial charge in [-0.3, -0.25) is 4.79 Å². The number of nitrogens with zero attached hydrogens (tertiary/aromatic N) is 3. The number of aromatic nitrogens is 1. The molecule has 1 aromatic heterocycles. The molecule has 2 aromatic rings. The molecule has 0 aliphatic carbocycles. The van der Waals surface area contributed by atoms with Crippen LogP contribution in [-0.4, -0.2) is 42.0 Å². The summed E-state index contributed by atoms with van der Waals surface area (Å²) in [4.78, 5) is 19.8. The van der Waals surface area contributed by atoms with E-state index in [2.05, 4.69) is 4.98 Å². The molecule has 0 N–H and O–H groups in total. The Hall–Kier alpha value is -2.54. The standard InChI is InChI=1S/C19H17ClF3N3O/c20-16-5-1-14(2-6-16)3-8-18(27)26-11-9-25(10-12-26)17-7-4-15(13-24-17)19(21,22)23/h1-8,13H,9-12H2/b8-3+. The zero-order chi connectivity index (χ0) is 19.4. The highest BCUT2D eigenvalue weighted by Crippen LogP contribution is 2.29. The number of carbonyl (C=O) groups excluding carboxylic acids is 1. The van der Waals surface area contributed by atoms with Gasteiger partial charge >= 0.3 is 6.18 Å². The number of anilines is 1. The third-order valence-corrected chi connectivity index (χ3v) is 4.53. The van der Waals surface area contributed by atoms with Gasteiger partial charge in [-0.25, -0.2) is 4.98 Å². The molecule has 0 atom stereocenters.